The van der Waals surface area contributed by atoms with E-state index in [9.17, 15) is 13.2 Å². The lowest BCUT2D eigenvalue weighted by Crippen LogP contribution is -2.38. The third-order valence-corrected chi connectivity index (χ3v) is 3.59. The lowest BCUT2D eigenvalue weighted by Gasteiger charge is -2.32. The van der Waals surface area contributed by atoms with Crippen molar-refractivity contribution in [3.63, 3.8) is 0 Å². The van der Waals surface area contributed by atoms with E-state index in [1.807, 2.05) is 17.9 Å². The van der Waals surface area contributed by atoms with Crippen molar-refractivity contribution in [1.29, 1.82) is 0 Å². The van der Waals surface area contributed by atoms with Crippen molar-refractivity contribution >= 4 is 0 Å². The molecule has 0 spiro atoms. The average molecular weight is 291 g/mol. The molecule has 1 aliphatic heterocycles. The zero-order chi connectivity index (χ0) is 14.6. The Labute approximate surface area is 116 Å². The van der Waals surface area contributed by atoms with E-state index in [-0.39, 0.29) is 12.8 Å². The van der Waals surface area contributed by atoms with Crippen LogP contribution in [0.15, 0.2) is 10.6 Å². The number of hydrogen-bond donors (Lipinski definition) is 1. The van der Waals surface area contributed by atoms with Crippen molar-refractivity contribution in [2.45, 2.75) is 39.0 Å². The number of likely N-dealkylation sites (tertiary alicyclic amines) is 1. The Kier molecular flexibility index (Phi) is 5.04. The van der Waals surface area contributed by atoms with Crippen molar-refractivity contribution in [2.24, 2.45) is 5.92 Å². The van der Waals surface area contributed by atoms with Gasteiger partial charge < -0.3 is 9.84 Å². The van der Waals surface area contributed by atoms with Crippen LogP contribution >= 0.6 is 0 Å². The first-order valence-electron chi connectivity index (χ1n) is 6.93. The van der Waals surface area contributed by atoms with Gasteiger partial charge in [0, 0.05) is 12.6 Å². The van der Waals surface area contributed by atoms with Crippen molar-refractivity contribution in [3.8, 4) is 0 Å². The number of halogens is 3. The molecule has 0 saturated carbocycles. The summed E-state index contributed by atoms with van der Waals surface area (Å²) in [7, 11) is 0. The van der Waals surface area contributed by atoms with Crippen LogP contribution in [-0.4, -0.2) is 35.9 Å². The zero-order valence-corrected chi connectivity index (χ0v) is 11.5. The highest BCUT2D eigenvalue weighted by molar-refractivity contribution is 5.05. The molecule has 0 bridgehead atoms. The van der Waals surface area contributed by atoms with E-state index >= 15 is 0 Å². The summed E-state index contributed by atoms with van der Waals surface area (Å²) in [6.07, 6.45) is -3.72. The molecule has 1 aliphatic rings. The number of nitrogens with one attached hydrogen (secondary N) is 1. The van der Waals surface area contributed by atoms with Gasteiger partial charge in [-0.2, -0.15) is 13.2 Å². The molecule has 1 aromatic rings. The van der Waals surface area contributed by atoms with Gasteiger partial charge in [-0.05, 0) is 32.5 Å². The van der Waals surface area contributed by atoms with Crippen molar-refractivity contribution < 1.29 is 17.7 Å². The van der Waals surface area contributed by atoms with Gasteiger partial charge in [0.05, 0.1) is 18.2 Å². The summed E-state index contributed by atoms with van der Waals surface area (Å²) in [4.78, 5) is 1.99. The second kappa shape index (κ2) is 6.58. The number of nitrogens with zero attached hydrogens (tertiary/aromatic N) is 2. The second-order valence-corrected chi connectivity index (χ2v) is 5.16. The summed E-state index contributed by atoms with van der Waals surface area (Å²) in [5.41, 5.74) is 0.826. The van der Waals surface area contributed by atoms with Gasteiger partial charge in [0.1, 0.15) is 0 Å². The molecule has 1 aromatic heterocycles. The maximum Gasteiger partial charge on any atom is 0.391 e. The Morgan fingerprint density at radius 1 is 1.40 bits per heavy atom. The fraction of sp³-hybridized carbons (Fsp3) is 0.769. The van der Waals surface area contributed by atoms with Crippen LogP contribution in [0.1, 0.15) is 31.2 Å². The molecule has 0 radical (unpaired) electrons. The van der Waals surface area contributed by atoms with Crippen LogP contribution < -0.4 is 5.32 Å². The first kappa shape index (κ1) is 15.3. The maximum absolute atomic E-state index is 12.6. The summed E-state index contributed by atoms with van der Waals surface area (Å²) >= 11 is 0. The molecule has 1 saturated heterocycles. The molecule has 1 fully saturated rings. The average Bonchev–Trinajstić information content (AvgIpc) is 2.83. The Bertz CT molecular complexity index is 411. The standard InChI is InChI=1S/C13H20F3N3O/c1-2-17-8-11-7-12(20-18-11)9-19-5-3-10(4-6-19)13(14,15)16/h7,10,17H,2-6,8-9H2,1H3. The molecule has 2 heterocycles. The van der Waals surface area contributed by atoms with Gasteiger partial charge in [0.2, 0.25) is 0 Å². The van der Waals surface area contributed by atoms with Gasteiger partial charge in [0.15, 0.2) is 5.76 Å². The topological polar surface area (TPSA) is 41.3 Å². The van der Waals surface area contributed by atoms with Crippen LogP contribution in [0.2, 0.25) is 0 Å². The van der Waals surface area contributed by atoms with Crippen LogP contribution in [0.4, 0.5) is 13.2 Å². The van der Waals surface area contributed by atoms with E-state index in [4.69, 9.17) is 4.52 Å². The predicted octanol–water partition coefficient (Wildman–Crippen LogP) is 2.56. The summed E-state index contributed by atoms with van der Waals surface area (Å²) in [6, 6.07) is 1.86. The summed E-state index contributed by atoms with van der Waals surface area (Å²) < 4.78 is 42.9. The first-order valence-corrected chi connectivity index (χ1v) is 6.93. The van der Waals surface area contributed by atoms with Gasteiger partial charge in [0.25, 0.3) is 0 Å². The Balaban J connectivity index is 1.79. The summed E-state index contributed by atoms with van der Waals surface area (Å²) in [6.45, 7) is 4.94. The SMILES string of the molecule is CCNCc1cc(CN2CCC(C(F)(F)F)CC2)on1. The van der Waals surface area contributed by atoms with Crippen molar-refractivity contribution in [3.05, 3.63) is 17.5 Å². The Hall–Kier alpha value is -1.08. The number of aromatic nitrogens is 1. The van der Waals surface area contributed by atoms with Crippen LogP contribution in [0.3, 0.4) is 0 Å². The second-order valence-electron chi connectivity index (χ2n) is 5.16. The number of hydrogen-bond acceptors (Lipinski definition) is 4. The summed E-state index contributed by atoms with van der Waals surface area (Å²) in [5.74, 6) is -0.443. The molecule has 0 unspecified atom stereocenters. The van der Waals surface area contributed by atoms with E-state index in [1.54, 1.807) is 0 Å². The fourth-order valence-electron chi connectivity index (χ4n) is 2.41. The Morgan fingerprint density at radius 3 is 2.70 bits per heavy atom. The number of alkyl halides is 3. The van der Waals surface area contributed by atoms with Crippen molar-refractivity contribution in [2.75, 3.05) is 19.6 Å². The molecule has 7 heteroatoms. The van der Waals surface area contributed by atoms with E-state index in [0.717, 1.165) is 12.2 Å². The molecule has 114 valence electrons. The maximum atomic E-state index is 12.6. The molecule has 20 heavy (non-hydrogen) atoms. The first-order chi connectivity index (χ1) is 9.49. The molecule has 4 nitrogen and oxygen atoms in total. The van der Waals surface area contributed by atoms with E-state index in [2.05, 4.69) is 10.5 Å². The molecule has 0 aliphatic carbocycles. The zero-order valence-electron chi connectivity index (χ0n) is 11.5. The molecule has 0 atom stereocenters. The van der Waals surface area contributed by atoms with Crippen LogP contribution in [0, 0.1) is 5.92 Å². The highest BCUT2D eigenvalue weighted by Gasteiger charge is 2.41. The molecule has 1 N–H and O–H groups in total. The van der Waals surface area contributed by atoms with Crippen LogP contribution in [-0.2, 0) is 13.1 Å². The van der Waals surface area contributed by atoms with Crippen LogP contribution in [0.5, 0.6) is 0 Å². The normalized spacial score (nSPS) is 18.6. The third kappa shape index (κ3) is 4.21. The van der Waals surface area contributed by atoms with E-state index in [1.165, 1.54) is 0 Å². The lowest BCUT2D eigenvalue weighted by atomic mass is 9.96. The molecular formula is C13H20F3N3O. The Morgan fingerprint density at radius 2 is 2.10 bits per heavy atom. The van der Waals surface area contributed by atoms with Gasteiger partial charge in [-0.15, -0.1) is 0 Å². The van der Waals surface area contributed by atoms with Gasteiger partial charge in [-0.1, -0.05) is 12.1 Å². The van der Waals surface area contributed by atoms with E-state index < -0.39 is 12.1 Å². The monoisotopic (exact) mass is 291 g/mol. The van der Waals surface area contributed by atoms with Gasteiger partial charge >= 0.3 is 6.18 Å². The number of piperidine rings is 1. The minimum atomic E-state index is -4.06. The lowest BCUT2D eigenvalue weighted by molar-refractivity contribution is -0.185. The fourth-order valence-corrected chi connectivity index (χ4v) is 2.41. The highest BCUT2D eigenvalue weighted by atomic mass is 19.4. The predicted molar refractivity (Wildman–Crippen MR) is 67.9 cm³/mol. The third-order valence-electron chi connectivity index (χ3n) is 3.59. The molecule has 0 amide bonds. The number of rotatable bonds is 5. The van der Waals surface area contributed by atoms with Crippen molar-refractivity contribution in [1.82, 2.24) is 15.4 Å². The quantitative estimate of drug-likeness (QED) is 0.905. The van der Waals surface area contributed by atoms with Crippen LogP contribution in [0.25, 0.3) is 0 Å². The highest BCUT2D eigenvalue weighted by Crippen LogP contribution is 2.34. The van der Waals surface area contributed by atoms with Gasteiger partial charge in [-0.25, -0.2) is 0 Å². The molecule has 0 aromatic carbocycles. The minimum absolute atomic E-state index is 0.169. The smallest absolute Gasteiger partial charge is 0.360 e. The van der Waals surface area contributed by atoms with E-state index in [0.29, 0.717) is 31.9 Å². The van der Waals surface area contributed by atoms with Gasteiger partial charge in [-0.3, -0.25) is 4.90 Å². The molecule has 2 rings (SSSR count). The summed E-state index contributed by atoms with van der Waals surface area (Å²) in [5, 5.41) is 7.07. The minimum Gasteiger partial charge on any atom is -0.360 e. The largest absolute Gasteiger partial charge is 0.391 e. The molecular weight excluding hydrogens is 271 g/mol.